The molecule has 7 nitrogen and oxygen atoms in total. The van der Waals surface area contributed by atoms with Crippen molar-refractivity contribution in [2.24, 2.45) is 11.8 Å². The molecule has 0 unspecified atom stereocenters. The summed E-state index contributed by atoms with van der Waals surface area (Å²) < 4.78 is 33.0. The zero-order chi connectivity index (χ0) is 22.4. The lowest BCUT2D eigenvalue weighted by Crippen LogP contribution is -2.49. The van der Waals surface area contributed by atoms with E-state index in [4.69, 9.17) is 4.74 Å². The van der Waals surface area contributed by atoms with Crippen molar-refractivity contribution < 1.29 is 27.9 Å². The average molecular weight is 445 g/mol. The largest absolute Gasteiger partial charge is 0.371 e. The Morgan fingerprint density at radius 1 is 1.16 bits per heavy atom. The van der Waals surface area contributed by atoms with E-state index in [-0.39, 0.29) is 42.9 Å². The van der Waals surface area contributed by atoms with Crippen molar-refractivity contribution in [2.45, 2.75) is 44.7 Å². The van der Waals surface area contributed by atoms with Crippen LogP contribution in [0, 0.1) is 23.5 Å². The number of hydrogen-bond acceptors (Lipinski definition) is 4. The Morgan fingerprint density at radius 2 is 1.94 bits per heavy atom. The summed E-state index contributed by atoms with van der Waals surface area (Å²) in [6.45, 7) is 0.867. The van der Waals surface area contributed by atoms with Crippen molar-refractivity contribution in [3.05, 3.63) is 35.0 Å². The van der Waals surface area contributed by atoms with Gasteiger partial charge in [-0.3, -0.25) is 14.4 Å². The minimum atomic E-state index is -0.651. The van der Waals surface area contributed by atoms with Crippen LogP contribution in [0.25, 0.3) is 10.9 Å². The number of amides is 2. The number of fused-ring (bicyclic) bond motifs is 3. The van der Waals surface area contributed by atoms with Gasteiger partial charge in [0.15, 0.2) is 5.78 Å². The predicted octanol–water partition coefficient (Wildman–Crippen LogP) is 2.22. The third kappa shape index (κ3) is 3.68. The van der Waals surface area contributed by atoms with Gasteiger partial charge in [-0.05, 0) is 30.9 Å². The minimum absolute atomic E-state index is 0.00305. The van der Waals surface area contributed by atoms with E-state index < -0.39 is 29.5 Å². The Labute approximate surface area is 183 Å². The van der Waals surface area contributed by atoms with Crippen LogP contribution in [0.4, 0.5) is 8.78 Å². The van der Waals surface area contributed by atoms with E-state index in [0.717, 1.165) is 24.5 Å². The highest BCUT2D eigenvalue weighted by molar-refractivity contribution is 5.94. The van der Waals surface area contributed by atoms with Crippen LogP contribution in [0.2, 0.25) is 0 Å². The number of aromatic nitrogens is 1. The number of halogens is 2. The molecule has 2 N–H and O–H groups in total. The van der Waals surface area contributed by atoms with Crippen molar-refractivity contribution in [3.63, 3.8) is 0 Å². The fraction of sp³-hybridized carbons (Fsp3) is 0.522. The van der Waals surface area contributed by atoms with Crippen LogP contribution in [0.3, 0.4) is 0 Å². The number of ketones is 1. The first-order valence-electron chi connectivity index (χ1n) is 11.1. The highest BCUT2D eigenvalue weighted by Gasteiger charge is 2.40. The van der Waals surface area contributed by atoms with E-state index >= 15 is 0 Å². The summed E-state index contributed by atoms with van der Waals surface area (Å²) in [5, 5.41) is 3.28. The molecular weight excluding hydrogens is 420 g/mol. The van der Waals surface area contributed by atoms with E-state index in [2.05, 4.69) is 10.3 Å². The third-order valence-corrected chi connectivity index (χ3v) is 6.97. The molecule has 0 radical (unpaired) electrons. The highest BCUT2D eigenvalue weighted by Crippen LogP contribution is 2.35. The number of Topliss-reactive ketones (excluding diaryl/α,β-unsaturated/α-hetero) is 1. The number of nitrogens with one attached hydrogen (secondary N) is 2. The number of carbonyl (C=O) groups is 3. The number of rotatable bonds is 3. The summed E-state index contributed by atoms with van der Waals surface area (Å²) >= 11 is 0. The molecule has 5 rings (SSSR count). The molecular formula is C23H25F2N3O4. The second-order valence-corrected chi connectivity index (χ2v) is 8.94. The fourth-order valence-corrected chi connectivity index (χ4v) is 5.30. The molecule has 2 aromatic rings. The van der Waals surface area contributed by atoms with Crippen LogP contribution >= 0.6 is 0 Å². The van der Waals surface area contributed by atoms with E-state index in [1.807, 2.05) is 0 Å². The molecule has 170 valence electrons. The number of ether oxygens (including phenoxy) is 1. The Balaban J connectivity index is 1.33. The molecule has 2 aliphatic heterocycles. The third-order valence-electron chi connectivity index (χ3n) is 6.97. The molecule has 1 aromatic carbocycles. The first kappa shape index (κ1) is 21.1. The molecule has 0 spiro atoms. The Kier molecular flexibility index (Phi) is 5.44. The van der Waals surface area contributed by atoms with Crippen LogP contribution in [0.1, 0.15) is 36.9 Å². The zero-order valence-corrected chi connectivity index (χ0v) is 17.6. The monoisotopic (exact) mass is 445 g/mol. The van der Waals surface area contributed by atoms with Crippen molar-refractivity contribution in [1.29, 1.82) is 0 Å². The SMILES string of the molecule is O=C1COC[C@@H]1NC(=O)[C@@H]1CCCC[C@H]1C(=O)N1CCc2c([nH]c3c(F)cc(F)cc23)C1. The number of H-pyrrole nitrogens is 1. The maximum absolute atomic E-state index is 14.2. The normalized spacial score (nSPS) is 25.8. The number of carbonyl (C=O) groups excluding carboxylic acids is 3. The predicted molar refractivity (Wildman–Crippen MR) is 111 cm³/mol. The second kappa shape index (κ2) is 8.27. The number of benzene rings is 1. The first-order chi connectivity index (χ1) is 15.4. The van der Waals surface area contributed by atoms with Gasteiger partial charge in [-0.2, -0.15) is 0 Å². The van der Waals surface area contributed by atoms with E-state index in [1.165, 1.54) is 6.07 Å². The lowest BCUT2D eigenvalue weighted by molar-refractivity contribution is -0.144. The second-order valence-electron chi connectivity index (χ2n) is 8.94. The molecule has 2 amide bonds. The van der Waals surface area contributed by atoms with Gasteiger partial charge in [0, 0.05) is 35.5 Å². The smallest absolute Gasteiger partial charge is 0.226 e. The molecule has 1 saturated carbocycles. The van der Waals surface area contributed by atoms with Crippen LogP contribution < -0.4 is 5.32 Å². The molecule has 3 aliphatic rings. The van der Waals surface area contributed by atoms with Gasteiger partial charge in [-0.1, -0.05) is 12.8 Å². The summed E-state index contributed by atoms with van der Waals surface area (Å²) in [7, 11) is 0. The van der Waals surface area contributed by atoms with Crippen LogP contribution in [0.5, 0.6) is 0 Å². The lowest BCUT2D eigenvalue weighted by atomic mass is 9.77. The van der Waals surface area contributed by atoms with Crippen LogP contribution in [0.15, 0.2) is 12.1 Å². The standard InChI is InChI=1S/C23H25F2N3O4/c24-12-7-16-13-5-6-28(9-18(13)26-21(16)17(25)8-12)23(31)15-4-2-1-3-14(15)22(30)27-19-10-32-11-20(19)29/h7-8,14-15,19,26H,1-6,9-11H2,(H,27,30)/t14-,15-,19+/m1/s1. The maximum Gasteiger partial charge on any atom is 0.226 e. The van der Waals surface area contributed by atoms with Crippen LogP contribution in [-0.4, -0.2) is 53.3 Å². The Morgan fingerprint density at radius 3 is 2.69 bits per heavy atom. The van der Waals surface area contributed by atoms with Gasteiger partial charge < -0.3 is 19.9 Å². The van der Waals surface area contributed by atoms with Gasteiger partial charge in [0.2, 0.25) is 11.8 Å². The minimum Gasteiger partial charge on any atom is -0.371 e. The van der Waals surface area contributed by atoms with Crippen molar-refractivity contribution in [2.75, 3.05) is 19.8 Å². The number of aromatic amines is 1. The van der Waals surface area contributed by atoms with E-state index in [1.54, 1.807) is 4.90 Å². The molecule has 3 atom stereocenters. The maximum atomic E-state index is 14.2. The summed E-state index contributed by atoms with van der Waals surface area (Å²) in [5.41, 5.74) is 1.79. The van der Waals surface area contributed by atoms with Gasteiger partial charge in [0.05, 0.1) is 18.7 Å². The number of nitrogens with zero attached hydrogens (tertiary/aromatic N) is 1. The van der Waals surface area contributed by atoms with Crippen molar-refractivity contribution in [1.82, 2.24) is 15.2 Å². The quantitative estimate of drug-likeness (QED) is 0.758. The number of hydrogen-bond donors (Lipinski definition) is 2. The van der Waals surface area contributed by atoms with Gasteiger partial charge in [0.25, 0.3) is 0 Å². The van der Waals surface area contributed by atoms with Crippen LogP contribution in [-0.2, 0) is 32.1 Å². The Hall–Kier alpha value is -2.81. The average Bonchev–Trinajstić information content (AvgIpc) is 3.36. The van der Waals surface area contributed by atoms with Crippen molar-refractivity contribution >= 4 is 28.5 Å². The molecule has 2 fully saturated rings. The van der Waals surface area contributed by atoms with Gasteiger partial charge >= 0.3 is 0 Å². The molecule has 3 heterocycles. The van der Waals surface area contributed by atoms with Gasteiger partial charge in [-0.15, -0.1) is 0 Å². The highest BCUT2D eigenvalue weighted by atomic mass is 19.1. The topological polar surface area (TPSA) is 91.5 Å². The molecule has 1 saturated heterocycles. The van der Waals surface area contributed by atoms with E-state index in [0.29, 0.717) is 36.9 Å². The van der Waals surface area contributed by atoms with Crippen molar-refractivity contribution in [3.8, 4) is 0 Å². The summed E-state index contributed by atoms with van der Waals surface area (Å²) in [6.07, 6.45) is 3.42. The summed E-state index contributed by atoms with van der Waals surface area (Å²) in [4.78, 5) is 42.9. The lowest BCUT2D eigenvalue weighted by Gasteiger charge is -2.36. The van der Waals surface area contributed by atoms with E-state index in [9.17, 15) is 23.2 Å². The first-order valence-corrected chi connectivity index (χ1v) is 11.1. The Bertz CT molecular complexity index is 1100. The van der Waals surface area contributed by atoms with Gasteiger partial charge in [-0.25, -0.2) is 8.78 Å². The molecule has 1 aliphatic carbocycles. The molecule has 0 bridgehead atoms. The molecule has 32 heavy (non-hydrogen) atoms. The zero-order valence-electron chi connectivity index (χ0n) is 17.6. The van der Waals surface area contributed by atoms with Gasteiger partial charge in [0.1, 0.15) is 24.3 Å². The molecule has 9 heteroatoms. The summed E-state index contributed by atoms with van der Waals surface area (Å²) in [6, 6.07) is 1.53. The molecule has 1 aromatic heterocycles. The fourth-order valence-electron chi connectivity index (χ4n) is 5.30. The summed E-state index contributed by atoms with van der Waals surface area (Å²) in [5.74, 6) is -2.74.